The molecule has 278 valence electrons. The van der Waals surface area contributed by atoms with Gasteiger partial charge in [-0.2, -0.15) is 0 Å². The Balaban J connectivity index is 1.04. The third-order valence-corrected chi connectivity index (χ3v) is 15.2. The first-order chi connectivity index (χ1) is 29.8. The van der Waals surface area contributed by atoms with Crippen LogP contribution in [0.15, 0.2) is 211 Å². The van der Waals surface area contributed by atoms with Crippen LogP contribution < -0.4 is 0 Å². The first-order valence-electron chi connectivity index (χ1n) is 20.6. The van der Waals surface area contributed by atoms with E-state index in [-0.39, 0.29) is 14.5 Å². The third kappa shape index (κ3) is 4.93. The summed E-state index contributed by atoms with van der Waals surface area (Å²) in [6, 6.07) is 76.1. The van der Waals surface area contributed by atoms with Gasteiger partial charge in [0.05, 0.1) is 0 Å². The molecule has 1 nitrogen and oxygen atoms in total. The topological polar surface area (TPSA) is 13.1 Å². The van der Waals surface area contributed by atoms with Crippen LogP contribution in [0.25, 0.3) is 129 Å². The SMILES string of the molecule is c1ccc(-c2c3ccccc3c(-c3ccc4[se]c5c(-c6c7ccccc7c(-c7ccc8c(c7)oc7ccccc78)c7ccccc67)cccc5c4c3)c3ccccc23)cc1. The van der Waals surface area contributed by atoms with E-state index >= 15 is 0 Å². The normalized spacial score (nSPS) is 12.0. The van der Waals surface area contributed by atoms with E-state index in [0.29, 0.717) is 0 Å². The minimum atomic E-state index is 0.133. The average Bonchev–Trinajstić information content (AvgIpc) is 3.88. The van der Waals surface area contributed by atoms with E-state index in [9.17, 15) is 0 Å². The fourth-order valence-corrected chi connectivity index (χ4v) is 12.6. The zero-order valence-corrected chi connectivity index (χ0v) is 34.2. The molecule has 0 unspecified atom stereocenters. The Labute approximate surface area is 352 Å². The molecule has 0 spiro atoms. The van der Waals surface area contributed by atoms with Gasteiger partial charge in [0.15, 0.2) is 0 Å². The van der Waals surface area contributed by atoms with Crippen LogP contribution in [-0.4, -0.2) is 14.5 Å². The number of rotatable bonds is 4. The molecular weight excluding hydrogens is 792 g/mol. The van der Waals surface area contributed by atoms with Crippen molar-refractivity contribution in [1.82, 2.24) is 0 Å². The molecule has 0 atom stereocenters. The molecule has 0 aliphatic carbocycles. The minimum absolute atomic E-state index is 0.133. The van der Waals surface area contributed by atoms with Crippen LogP contribution in [0.4, 0.5) is 0 Å². The molecule has 0 N–H and O–H groups in total. The van der Waals surface area contributed by atoms with E-state index in [1.807, 2.05) is 6.07 Å². The average molecular weight is 826 g/mol. The van der Waals surface area contributed by atoms with Crippen molar-refractivity contribution in [1.29, 1.82) is 0 Å². The number of furan rings is 1. The zero-order valence-electron chi connectivity index (χ0n) is 32.4. The van der Waals surface area contributed by atoms with Gasteiger partial charge in [-0.05, 0) is 0 Å². The summed E-state index contributed by atoms with van der Waals surface area (Å²) in [6.45, 7) is 0. The first-order valence-corrected chi connectivity index (χ1v) is 22.3. The molecule has 0 radical (unpaired) electrons. The summed E-state index contributed by atoms with van der Waals surface area (Å²) in [4.78, 5) is 0. The standard InChI is InChI=1S/C58H34OSe/c1-2-15-35(16-3-1)54-40-18-4-6-20-42(40)55(43-21-7-5-19-41(43)54)36-30-32-53-50(33-36)48-26-14-27-49(58(48)60-53)57-46-24-10-8-22-44(46)56(45-23-9-11-25-47(45)57)37-29-31-39-38-17-12-13-28-51(38)59-52(39)34-37/h1-34H. The van der Waals surface area contributed by atoms with Gasteiger partial charge < -0.3 is 0 Å². The Kier molecular flexibility index (Phi) is 7.39. The van der Waals surface area contributed by atoms with Crippen LogP contribution in [0.3, 0.4) is 0 Å². The Morgan fingerprint density at radius 3 is 1.32 bits per heavy atom. The Morgan fingerprint density at radius 1 is 0.267 bits per heavy atom. The second-order valence-electron chi connectivity index (χ2n) is 15.9. The second kappa shape index (κ2) is 13.1. The van der Waals surface area contributed by atoms with Gasteiger partial charge in [0.25, 0.3) is 0 Å². The van der Waals surface area contributed by atoms with Crippen LogP contribution in [0.1, 0.15) is 0 Å². The van der Waals surface area contributed by atoms with Crippen molar-refractivity contribution >= 4 is 98.8 Å². The maximum atomic E-state index is 6.42. The van der Waals surface area contributed by atoms with E-state index in [1.54, 1.807) is 0 Å². The summed E-state index contributed by atoms with van der Waals surface area (Å²) in [5.74, 6) is 0. The van der Waals surface area contributed by atoms with Crippen LogP contribution in [0.2, 0.25) is 0 Å². The molecule has 0 fully saturated rings. The van der Waals surface area contributed by atoms with Crippen molar-refractivity contribution in [2.24, 2.45) is 0 Å². The number of fused-ring (bicyclic) bond motifs is 10. The van der Waals surface area contributed by atoms with Gasteiger partial charge in [-0.25, -0.2) is 0 Å². The molecule has 0 amide bonds. The van der Waals surface area contributed by atoms with Crippen molar-refractivity contribution in [2.75, 3.05) is 0 Å². The molecule has 0 saturated heterocycles. The predicted molar refractivity (Wildman–Crippen MR) is 257 cm³/mol. The van der Waals surface area contributed by atoms with Gasteiger partial charge >= 0.3 is 342 Å². The molecule has 11 aromatic carbocycles. The van der Waals surface area contributed by atoms with Gasteiger partial charge in [-0.1, -0.05) is 12.1 Å². The van der Waals surface area contributed by atoms with Gasteiger partial charge in [0.2, 0.25) is 0 Å². The number of para-hydroxylation sites is 1. The van der Waals surface area contributed by atoms with Crippen molar-refractivity contribution < 1.29 is 4.42 Å². The first kappa shape index (κ1) is 33.7. The molecule has 2 heterocycles. The van der Waals surface area contributed by atoms with Crippen molar-refractivity contribution in [2.45, 2.75) is 0 Å². The Hall–Kier alpha value is -7.22. The molecular formula is C58H34OSe. The van der Waals surface area contributed by atoms with E-state index < -0.39 is 0 Å². The monoisotopic (exact) mass is 826 g/mol. The molecule has 0 saturated carbocycles. The number of hydrogen-bond acceptors (Lipinski definition) is 1. The van der Waals surface area contributed by atoms with Crippen LogP contribution >= 0.6 is 0 Å². The molecule has 0 aliphatic heterocycles. The summed E-state index contributed by atoms with van der Waals surface area (Å²) >= 11 is 0.133. The van der Waals surface area contributed by atoms with E-state index in [1.165, 1.54) is 107 Å². The molecule has 13 rings (SSSR count). The number of benzene rings is 11. The zero-order chi connectivity index (χ0) is 39.3. The van der Waals surface area contributed by atoms with Crippen molar-refractivity contribution in [3.05, 3.63) is 206 Å². The molecule has 13 aromatic rings. The fourth-order valence-electron chi connectivity index (χ4n) is 10.1. The van der Waals surface area contributed by atoms with E-state index in [4.69, 9.17) is 4.42 Å². The fraction of sp³-hybridized carbons (Fsp3) is 0. The summed E-state index contributed by atoms with van der Waals surface area (Å²) in [5, 5.41) is 15.2. The van der Waals surface area contributed by atoms with Crippen LogP contribution in [-0.2, 0) is 0 Å². The summed E-state index contributed by atoms with van der Waals surface area (Å²) in [5.41, 5.74) is 12.0. The number of hydrogen-bond donors (Lipinski definition) is 0. The Bertz CT molecular complexity index is 3770. The quantitative estimate of drug-likeness (QED) is 0.127. The van der Waals surface area contributed by atoms with Crippen LogP contribution in [0, 0.1) is 0 Å². The predicted octanol–water partition coefficient (Wildman–Crippen LogP) is 16.2. The third-order valence-electron chi connectivity index (χ3n) is 12.6. The summed E-state index contributed by atoms with van der Waals surface area (Å²) in [7, 11) is 0. The summed E-state index contributed by atoms with van der Waals surface area (Å²) < 4.78 is 9.31. The van der Waals surface area contributed by atoms with Crippen molar-refractivity contribution in [3.63, 3.8) is 0 Å². The summed E-state index contributed by atoms with van der Waals surface area (Å²) in [6.07, 6.45) is 0. The van der Waals surface area contributed by atoms with Crippen molar-refractivity contribution in [3.8, 4) is 44.5 Å². The van der Waals surface area contributed by atoms with E-state index in [2.05, 4.69) is 200 Å². The second-order valence-corrected chi connectivity index (χ2v) is 18.1. The van der Waals surface area contributed by atoms with Crippen LogP contribution in [0.5, 0.6) is 0 Å². The molecule has 2 aromatic heterocycles. The van der Waals surface area contributed by atoms with Gasteiger partial charge in [-0.3, -0.25) is 0 Å². The van der Waals surface area contributed by atoms with Gasteiger partial charge in [0, 0.05) is 0 Å². The molecule has 2 heteroatoms. The Morgan fingerprint density at radius 2 is 0.717 bits per heavy atom. The molecule has 0 bridgehead atoms. The van der Waals surface area contributed by atoms with E-state index in [0.717, 1.165) is 21.9 Å². The molecule has 0 aliphatic rings. The maximum absolute atomic E-state index is 6.42. The van der Waals surface area contributed by atoms with Gasteiger partial charge in [0.1, 0.15) is 0 Å². The molecule has 60 heavy (non-hydrogen) atoms. The van der Waals surface area contributed by atoms with Gasteiger partial charge in [-0.15, -0.1) is 0 Å².